The van der Waals surface area contributed by atoms with Gasteiger partial charge in [0.05, 0.1) is 0 Å². The van der Waals surface area contributed by atoms with E-state index < -0.39 is 12.6 Å². The van der Waals surface area contributed by atoms with Crippen molar-refractivity contribution < 1.29 is 64.3 Å². The van der Waals surface area contributed by atoms with Crippen LogP contribution >= 0.6 is 0 Å². The first-order valence-corrected chi connectivity index (χ1v) is 3.22. The number of halogens is 3. The summed E-state index contributed by atoms with van der Waals surface area (Å²) in [4.78, 5) is 0. The van der Waals surface area contributed by atoms with Crippen LogP contribution in [-0.4, -0.2) is 11.5 Å². The molecule has 0 saturated carbocycles. The van der Waals surface area contributed by atoms with Crippen molar-refractivity contribution in [1.29, 1.82) is 5.26 Å². The molecule has 0 spiro atoms. The number of hydrogen-bond acceptors (Lipinski definition) is 1. The van der Waals surface area contributed by atoms with Crippen LogP contribution in [-0.2, 0) is 7.05 Å². The second kappa shape index (κ2) is 4.66. The molecule has 0 unspecified atom stereocenters. The van der Waals surface area contributed by atoms with Crippen molar-refractivity contribution in [2.75, 3.05) is 0 Å². The summed E-state index contributed by atoms with van der Waals surface area (Å²) < 4.78 is 37.2. The van der Waals surface area contributed by atoms with Crippen molar-refractivity contribution in [1.82, 2.24) is 4.57 Å². The third kappa shape index (κ3) is 2.86. The number of nitriles is 1. The molecule has 0 saturated heterocycles. The van der Waals surface area contributed by atoms with E-state index in [1.807, 2.05) is 0 Å². The average Bonchev–Trinajstić information content (AvgIpc) is 2.29. The summed E-state index contributed by atoms with van der Waals surface area (Å²) in [6.45, 7) is -5.00. The molecule has 13 heavy (non-hydrogen) atoms. The zero-order valence-corrected chi connectivity index (χ0v) is 10.4. The molecule has 0 aliphatic carbocycles. The Bertz CT molecular complexity index is 339. The van der Waals surface area contributed by atoms with E-state index in [1.54, 1.807) is 6.07 Å². The normalized spacial score (nSPS) is 10.4. The first-order chi connectivity index (χ1) is 5.46. The Labute approximate surface area is 116 Å². The minimum atomic E-state index is -5.00. The van der Waals surface area contributed by atoms with Crippen LogP contribution in [0.1, 0.15) is 5.69 Å². The van der Waals surface area contributed by atoms with E-state index >= 15 is 0 Å². The van der Waals surface area contributed by atoms with Crippen LogP contribution in [0.25, 0.3) is 0 Å². The largest absolute Gasteiger partial charge is 1.00 e. The Kier molecular flexibility index (Phi) is 4.76. The quantitative estimate of drug-likeness (QED) is 0.493. The molecule has 7 heteroatoms. The molecule has 0 aliphatic rings. The molecule has 1 rings (SSSR count). The molecule has 0 N–H and O–H groups in total. The van der Waals surface area contributed by atoms with E-state index in [9.17, 15) is 12.9 Å². The van der Waals surface area contributed by atoms with Gasteiger partial charge in [0.25, 0.3) is 0 Å². The predicted octanol–water partition coefficient (Wildman–Crippen LogP) is -2.04. The van der Waals surface area contributed by atoms with E-state index in [0.717, 1.165) is 16.7 Å². The molecule has 1 aromatic heterocycles. The van der Waals surface area contributed by atoms with Crippen molar-refractivity contribution >= 4 is 12.6 Å². The minimum absolute atomic E-state index is 0. The molecule has 0 atom stereocenters. The summed E-state index contributed by atoms with van der Waals surface area (Å²) >= 11 is 0. The standard InChI is InChI=1S/C6H5BF3N2.K/c1-12-5(4-11)2-3-6(12)7(8,9)10;/h2-3H,1H3;/q-1;+1. The fraction of sp³-hybridized carbons (Fsp3) is 0.167. The van der Waals surface area contributed by atoms with Gasteiger partial charge in [0, 0.05) is 7.05 Å². The zero-order chi connectivity index (χ0) is 9.35. The summed E-state index contributed by atoms with van der Waals surface area (Å²) in [6, 6.07) is 3.73. The Balaban J connectivity index is 0.00000144. The molecule has 1 heterocycles. The van der Waals surface area contributed by atoms with Gasteiger partial charge in [0.2, 0.25) is 0 Å². The van der Waals surface area contributed by atoms with Crippen molar-refractivity contribution in [2.45, 2.75) is 0 Å². The second-order valence-corrected chi connectivity index (χ2v) is 2.39. The SMILES string of the molecule is Cn1c(C#N)ccc1[B-](F)(F)F.[K+]. The van der Waals surface area contributed by atoms with Crippen LogP contribution < -0.4 is 57.0 Å². The van der Waals surface area contributed by atoms with Gasteiger partial charge in [-0.2, -0.15) is 5.26 Å². The molecule has 0 radical (unpaired) electrons. The molecule has 0 fully saturated rings. The summed E-state index contributed by atoms with van der Waals surface area (Å²) in [5.41, 5.74) is -0.726. The number of rotatable bonds is 1. The van der Waals surface area contributed by atoms with Crippen molar-refractivity contribution in [3.05, 3.63) is 17.8 Å². The van der Waals surface area contributed by atoms with Crippen LogP contribution in [0, 0.1) is 11.3 Å². The zero-order valence-electron chi connectivity index (χ0n) is 7.26. The van der Waals surface area contributed by atoms with Gasteiger partial charge in [0.15, 0.2) is 0 Å². The molecule has 0 aromatic carbocycles. The first kappa shape index (κ1) is 13.3. The molecule has 0 bridgehead atoms. The smallest absolute Gasteiger partial charge is 0.444 e. The fourth-order valence-corrected chi connectivity index (χ4v) is 0.968. The molecule has 64 valence electrons. The van der Waals surface area contributed by atoms with E-state index in [2.05, 4.69) is 0 Å². The Hall–Kier alpha value is 0.261. The topological polar surface area (TPSA) is 28.7 Å². The van der Waals surface area contributed by atoms with Crippen LogP contribution in [0.15, 0.2) is 12.1 Å². The van der Waals surface area contributed by atoms with Crippen LogP contribution in [0.4, 0.5) is 12.9 Å². The van der Waals surface area contributed by atoms with Gasteiger partial charge < -0.3 is 17.5 Å². The molecule has 0 amide bonds. The van der Waals surface area contributed by atoms with Crippen molar-refractivity contribution in [3.8, 4) is 6.07 Å². The number of hydrogen-bond donors (Lipinski definition) is 0. The van der Waals surface area contributed by atoms with Crippen LogP contribution in [0.3, 0.4) is 0 Å². The van der Waals surface area contributed by atoms with E-state index in [1.165, 1.54) is 7.05 Å². The average molecular weight is 212 g/mol. The summed E-state index contributed by atoms with van der Waals surface area (Å²) in [6.07, 6.45) is 0. The predicted molar refractivity (Wildman–Crippen MR) is 38.8 cm³/mol. The minimum Gasteiger partial charge on any atom is -0.444 e. The summed E-state index contributed by atoms with van der Waals surface area (Å²) in [7, 11) is 1.23. The van der Waals surface area contributed by atoms with Crippen LogP contribution in [0.2, 0.25) is 0 Å². The Morgan fingerprint density at radius 2 is 1.92 bits per heavy atom. The molecule has 2 nitrogen and oxygen atoms in total. The van der Waals surface area contributed by atoms with Gasteiger partial charge in [-0.25, -0.2) is 0 Å². The molecular formula is C6H5BF3KN2. The molecular weight excluding hydrogens is 207 g/mol. The fourth-order valence-electron chi connectivity index (χ4n) is 0.968. The van der Waals surface area contributed by atoms with E-state index in [0.29, 0.717) is 0 Å². The second-order valence-electron chi connectivity index (χ2n) is 2.39. The van der Waals surface area contributed by atoms with Gasteiger partial charge >= 0.3 is 58.4 Å². The maximum Gasteiger partial charge on any atom is 1.00 e. The first-order valence-electron chi connectivity index (χ1n) is 3.22. The van der Waals surface area contributed by atoms with E-state index in [4.69, 9.17) is 5.26 Å². The molecule has 1 aromatic rings. The van der Waals surface area contributed by atoms with Crippen LogP contribution in [0.5, 0.6) is 0 Å². The Morgan fingerprint density at radius 3 is 2.15 bits per heavy atom. The summed E-state index contributed by atoms with van der Waals surface area (Å²) in [5, 5.41) is 8.37. The number of aromatic nitrogens is 1. The van der Waals surface area contributed by atoms with Gasteiger partial charge in [-0.1, -0.05) is 6.07 Å². The van der Waals surface area contributed by atoms with Crippen molar-refractivity contribution in [2.24, 2.45) is 7.05 Å². The van der Waals surface area contributed by atoms with E-state index in [-0.39, 0.29) is 57.1 Å². The van der Waals surface area contributed by atoms with Gasteiger partial charge in [-0.15, -0.1) is 0 Å². The third-order valence-electron chi connectivity index (χ3n) is 1.61. The monoisotopic (exact) mass is 212 g/mol. The van der Waals surface area contributed by atoms with Gasteiger partial charge in [-0.3, -0.25) is 0 Å². The Morgan fingerprint density at radius 1 is 1.38 bits per heavy atom. The third-order valence-corrected chi connectivity index (χ3v) is 1.61. The maximum atomic E-state index is 12.1. The number of nitrogens with zero attached hydrogens (tertiary/aromatic N) is 2. The van der Waals surface area contributed by atoms with Crippen molar-refractivity contribution in [3.63, 3.8) is 0 Å². The van der Waals surface area contributed by atoms with Gasteiger partial charge in [-0.05, 0) is 11.7 Å². The maximum absolute atomic E-state index is 12.1. The van der Waals surface area contributed by atoms with Gasteiger partial charge in [0.1, 0.15) is 11.8 Å². The summed E-state index contributed by atoms with van der Waals surface area (Å²) in [5.74, 6) is 0. The molecule has 0 aliphatic heterocycles.